The van der Waals surface area contributed by atoms with E-state index in [2.05, 4.69) is 0 Å². The van der Waals surface area contributed by atoms with Gasteiger partial charge in [-0.2, -0.15) is 0 Å². The Morgan fingerprint density at radius 2 is 1.69 bits per heavy atom. The Morgan fingerprint density at radius 1 is 1.05 bits per heavy atom. The van der Waals surface area contributed by atoms with E-state index in [1.54, 1.807) is 0 Å². The number of carbonyl (C=O) groups excluding carboxylic acids is 5. The van der Waals surface area contributed by atoms with E-state index in [1.807, 2.05) is 0 Å². The summed E-state index contributed by atoms with van der Waals surface area (Å²) in [5.74, 6) is -14.2. The summed E-state index contributed by atoms with van der Waals surface area (Å²) in [6.45, 7) is 0. The molecule has 0 aliphatic heterocycles. The number of aliphatic hydroxyl groups excluding tert-OH is 1. The number of nitrogens with zero attached hydrogens (tertiary/aromatic N) is 1. The van der Waals surface area contributed by atoms with Crippen LogP contribution in [0.2, 0.25) is 0 Å². The number of phenolic OH excluding ortho intramolecular Hbond substituents is 1. The predicted molar refractivity (Wildman–Crippen MR) is 133 cm³/mol. The van der Waals surface area contributed by atoms with Gasteiger partial charge in [0.05, 0.1) is 29.5 Å². The van der Waals surface area contributed by atoms with Crippen LogP contribution < -0.4 is 5.73 Å². The van der Waals surface area contributed by atoms with Crippen LogP contribution in [0.3, 0.4) is 0 Å². The van der Waals surface area contributed by atoms with Crippen LogP contribution in [0.25, 0.3) is 11.6 Å². The van der Waals surface area contributed by atoms with Gasteiger partial charge >= 0.3 is 0 Å². The predicted octanol–water partition coefficient (Wildman–Crippen LogP) is -0.0250. The van der Waals surface area contributed by atoms with Crippen molar-refractivity contribution >= 4 is 40.7 Å². The minimum absolute atomic E-state index is 0.188. The van der Waals surface area contributed by atoms with Crippen LogP contribution in [-0.2, 0) is 19.2 Å². The van der Waals surface area contributed by atoms with E-state index in [0.717, 1.165) is 0 Å². The molecule has 2 aromatic carbocycles. The van der Waals surface area contributed by atoms with Gasteiger partial charge in [-0.15, -0.1) is 0 Å². The Kier molecular flexibility index (Phi) is 6.13. The van der Waals surface area contributed by atoms with Crippen LogP contribution in [-0.4, -0.2) is 81.1 Å². The molecule has 7 atom stereocenters. The molecule has 11 heteroatoms. The number of hydrogen-bond acceptors (Lipinski definition) is 9. The van der Waals surface area contributed by atoms with Crippen molar-refractivity contribution in [3.63, 3.8) is 0 Å². The lowest BCUT2D eigenvalue weighted by Crippen LogP contribution is -2.77. The van der Waals surface area contributed by atoms with Gasteiger partial charge in [-0.3, -0.25) is 28.9 Å². The van der Waals surface area contributed by atoms with Gasteiger partial charge in [0, 0.05) is 5.92 Å². The number of phenols is 1. The lowest BCUT2D eigenvalue weighted by Gasteiger charge is -2.55. The van der Waals surface area contributed by atoms with Crippen molar-refractivity contribution in [3.05, 3.63) is 65.0 Å². The zero-order valence-corrected chi connectivity index (χ0v) is 20.9. The number of halogens is 1. The molecular formula is C28H25FN2O8. The first-order valence-corrected chi connectivity index (χ1v) is 12.1. The molecule has 2 saturated carbocycles. The lowest BCUT2D eigenvalue weighted by molar-refractivity contribution is -0.192. The smallest absolute Gasteiger partial charge is 0.235 e. The summed E-state index contributed by atoms with van der Waals surface area (Å²) in [6, 6.07) is 7.93. The Morgan fingerprint density at radius 3 is 2.28 bits per heavy atom. The van der Waals surface area contributed by atoms with Crippen LogP contribution in [0.5, 0.6) is 5.75 Å². The van der Waals surface area contributed by atoms with Crippen LogP contribution in [0.4, 0.5) is 4.39 Å². The minimum Gasteiger partial charge on any atom is -0.507 e. The largest absolute Gasteiger partial charge is 0.507 e. The first-order valence-electron chi connectivity index (χ1n) is 12.1. The molecule has 0 heterocycles. The van der Waals surface area contributed by atoms with Crippen LogP contribution >= 0.6 is 0 Å². The summed E-state index contributed by atoms with van der Waals surface area (Å²) < 4.78 is 13.6. The monoisotopic (exact) mass is 536 g/mol. The van der Waals surface area contributed by atoms with Crippen molar-refractivity contribution in [2.75, 3.05) is 14.1 Å². The second-order valence-corrected chi connectivity index (χ2v) is 10.4. The Bertz CT molecular complexity index is 1480. The van der Waals surface area contributed by atoms with E-state index < -0.39 is 82.0 Å². The number of hydrogen-bond donors (Lipinski definition) is 4. The van der Waals surface area contributed by atoms with Crippen LogP contribution in [0.1, 0.15) is 21.5 Å². The number of Topliss-reactive ketones (excluding diaryl/α,β-unsaturated/α-hetero) is 4. The number of rotatable bonds is 3. The topological polar surface area (TPSA) is 175 Å². The van der Waals surface area contributed by atoms with Gasteiger partial charge in [-0.1, -0.05) is 30.3 Å². The highest BCUT2D eigenvalue weighted by atomic mass is 19.1. The summed E-state index contributed by atoms with van der Waals surface area (Å²) in [4.78, 5) is 67.9. The fourth-order valence-corrected chi connectivity index (χ4v) is 6.41. The molecule has 3 aliphatic carbocycles. The van der Waals surface area contributed by atoms with Crippen molar-refractivity contribution in [3.8, 4) is 5.75 Å². The van der Waals surface area contributed by atoms with E-state index in [1.165, 1.54) is 67.5 Å². The highest BCUT2D eigenvalue weighted by Crippen LogP contribution is 2.54. The number of likely N-dealkylation sites (N-methyl/N-ethyl adjacent to an activating group) is 1. The van der Waals surface area contributed by atoms with Gasteiger partial charge in [-0.05, 0) is 49.0 Å². The fourth-order valence-electron chi connectivity index (χ4n) is 6.41. The minimum atomic E-state index is -3.10. The third-order valence-corrected chi connectivity index (χ3v) is 8.06. The maximum Gasteiger partial charge on any atom is 0.235 e. The van der Waals surface area contributed by atoms with Crippen molar-refractivity contribution < 1.29 is 43.7 Å². The first kappa shape index (κ1) is 26.5. The van der Waals surface area contributed by atoms with Crippen molar-refractivity contribution in [2.24, 2.45) is 29.4 Å². The van der Waals surface area contributed by atoms with Gasteiger partial charge in [0.25, 0.3) is 0 Å². The summed E-state index contributed by atoms with van der Waals surface area (Å²) in [5.41, 5.74) is 2.78. The molecule has 2 aromatic rings. The van der Waals surface area contributed by atoms with E-state index in [4.69, 9.17) is 5.73 Å². The maximum absolute atomic E-state index is 14.0. The molecule has 0 radical (unpaired) electrons. The molecule has 0 saturated heterocycles. The first-order chi connectivity index (χ1) is 18.3. The molecule has 10 nitrogen and oxygen atoms in total. The molecule has 1 amide bonds. The number of carbonyl (C=O) groups is 5. The molecule has 0 spiro atoms. The third kappa shape index (κ3) is 3.61. The normalized spacial score (nSPS) is 33.1. The zero-order valence-electron chi connectivity index (χ0n) is 20.9. The molecule has 3 aliphatic rings. The molecule has 2 fully saturated rings. The van der Waals surface area contributed by atoms with E-state index in [-0.39, 0.29) is 16.7 Å². The number of aromatic hydroxyl groups is 1. The second kappa shape index (κ2) is 9.01. The summed E-state index contributed by atoms with van der Waals surface area (Å²) >= 11 is 0. The number of benzene rings is 2. The lowest BCUT2D eigenvalue weighted by atomic mass is 9.50. The molecule has 2 unspecified atom stereocenters. The number of fused-ring (bicyclic) bond motifs is 3. The molecule has 5 N–H and O–H groups in total. The number of amides is 1. The average Bonchev–Trinajstić information content (AvgIpc) is 2.86. The number of aliphatic hydroxyl groups is 2. The zero-order chi connectivity index (χ0) is 28.5. The van der Waals surface area contributed by atoms with Gasteiger partial charge in [0.1, 0.15) is 11.6 Å². The SMILES string of the molecule is CN(C)[C@H]1C(=O)C(C(N)=O)C(=O)[C@]2(O)C(=O)C3C(=O)c4c(O)cccc4C(=Cc4ccc(F)cc4)[C@@H]3[C@@H](O)[C@H]12. The fraction of sp³-hybridized carbons (Fsp3) is 0.321. The van der Waals surface area contributed by atoms with E-state index in [9.17, 15) is 43.7 Å². The number of nitrogens with two attached hydrogens (primary N) is 1. The molecular weight excluding hydrogens is 511 g/mol. The van der Waals surface area contributed by atoms with Crippen molar-refractivity contribution in [1.29, 1.82) is 0 Å². The standard InChI is InChI=1S/C28H25FN2O8/c1-31(2)21-20-23(34)17-14(10-11-6-8-12(29)9-7-11)13-4-3-5-15(32)16(13)22(33)18(17)25(36)28(20,39)26(37)19(24(21)35)27(30)38/h3-10,17-21,23,32,34,39H,1-2H3,(H2,30,38)/t17-,18?,19?,20-,21+,23+,28+/m0/s1. The molecule has 0 bridgehead atoms. The van der Waals surface area contributed by atoms with Gasteiger partial charge in [0.15, 0.2) is 34.7 Å². The average molecular weight is 537 g/mol. The van der Waals surface area contributed by atoms with Crippen molar-refractivity contribution in [1.82, 2.24) is 4.90 Å². The second-order valence-electron chi connectivity index (χ2n) is 10.4. The van der Waals surface area contributed by atoms with Crippen molar-refractivity contribution in [2.45, 2.75) is 17.7 Å². The Labute approximate surface area is 221 Å². The quantitative estimate of drug-likeness (QED) is 0.393. The maximum atomic E-state index is 14.0. The Balaban J connectivity index is 1.79. The molecule has 39 heavy (non-hydrogen) atoms. The summed E-state index contributed by atoms with van der Waals surface area (Å²) in [6.07, 6.45) is -0.315. The van der Waals surface area contributed by atoms with E-state index >= 15 is 0 Å². The molecule has 0 aromatic heterocycles. The highest BCUT2D eigenvalue weighted by Gasteiger charge is 2.72. The number of ketones is 4. The third-order valence-electron chi connectivity index (χ3n) is 8.06. The summed E-state index contributed by atoms with van der Waals surface area (Å²) in [7, 11) is 2.82. The van der Waals surface area contributed by atoms with Gasteiger partial charge < -0.3 is 21.1 Å². The van der Waals surface area contributed by atoms with Gasteiger partial charge in [-0.25, -0.2) is 4.39 Å². The summed E-state index contributed by atoms with van der Waals surface area (Å²) in [5, 5.41) is 34.1. The molecule has 202 valence electrons. The highest BCUT2D eigenvalue weighted by molar-refractivity contribution is 6.33. The van der Waals surface area contributed by atoms with Crippen LogP contribution in [0.15, 0.2) is 42.5 Å². The molecule has 5 rings (SSSR count). The Hall–Kier alpha value is -4.06. The number of primary amides is 1. The van der Waals surface area contributed by atoms with Gasteiger partial charge in [0.2, 0.25) is 5.91 Å². The van der Waals surface area contributed by atoms with E-state index in [0.29, 0.717) is 5.56 Å². The van der Waals surface area contributed by atoms with Crippen LogP contribution in [0, 0.1) is 29.5 Å².